The number of amides is 1. The normalized spacial score (nSPS) is 17.2. The quantitative estimate of drug-likeness (QED) is 0.735. The predicted molar refractivity (Wildman–Crippen MR) is 108 cm³/mol. The number of aryl methyl sites for hydroxylation is 1. The van der Waals surface area contributed by atoms with E-state index in [0.717, 1.165) is 34.3 Å². The molecule has 3 heterocycles. The van der Waals surface area contributed by atoms with Crippen LogP contribution in [0, 0.1) is 6.92 Å². The van der Waals surface area contributed by atoms with Gasteiger partial charge in [-0.25, -0.2) is 4.68 Å². The van der Waals surface area contributed by atoms with E-state index in [-0.39, 0.29) is 12.5 Å². The van der Waals surface area contributed by atoms with Crippen LogP contribution in [0.25, 0.3) is 5.69 Å². The third kappa shape index (κ3) is 3.01. The first-order chi connectivity index (χ1) is 13.7. The van der Waals surface area contributed by atoms with Crippen molar-refractivity contribution in [3.63, 3.8) is 0 Å². The summed E-state index contributed by atoms with van der Waals surface area (Å²) in [6.45, 7) is 2.23. The molecule has 28 heavy (non-hydrogen) atoms. The highest BCUT2D eigenvalue weighted by molar-refractivity contribution is 7.98. The van der Waals surface area contributed by atoms with Crippen LogP contribution in [0.5, 0.6) is 11.5 Å². The summed E-state index contributed by atoms with van der Waals surface area (Å²) in [6, 6.07) is 15.5. The Hall–Kier alpha value is -2.93. The third-order valence-electron chi connectivity index (χ3n) is 4.87. The summed E-state index contributed by atoms with van der Waals surface area (Å²) in [6.07, 6.45) is -0.707. The summed E-state index contributed by atoms with van der Waals surface area (Å²) < 4.78 is 13.4. The Morgan fingerprint density at radius 3 is 2.75 bits per heavy atom. The zero-order valence-electron chi connectivity index (χ0n) is 15.3. The van der Waals surface area contributed by atoms with E-state index in [1.165, 1.54) is 5.56 Å². The number of rotatable bonds is 3. The van der Waals surface area contributed by atoms with Crippen LogP contribution in [-0.2, 0) is 16.3 Å². The predicted octanol–water partition coefficient (Wildman–Crippen LogP) is 3.71. The van der Waals surface area contributed by atoms with E-state index in [2.05, 4.69) is 5.32 Å². The topological polar surface area (TPSA) is 65.4 Å². The number of nitrogens with one attached hydrogen (secondary N) is 1. The second-order valence-electron chi connectivity index (χ2n) is 6.87. The molecule has 0 bridgehead atoms. The lowest BCUT2D eigenvalue weighted by Gasteiger charge is -2.25. The second-order valence-corrected chi connectivity index (χ2v) is 7.85. The van der Waals surface area contributed by atoms with Gasteiger partial charge in [-0.1, -0.05) is 29.8 Å². The minimum Gasteiger partial charge on any atom is -0.485 e. The van der Waals surface area contributed by atoms with Gasteiger partial charge in [-0.3, -0.25) is 4.79 Å². The molecule has 0 saturated heterocycles. The molecular formula is C21H19N3O3S. The number of nitrogens with zero attached hydrogens (tertiary/aromatic N) is 2. The Kier molecular flexibility index (Phi) is 4.24. The highest BCUT2D eigenvalue weighted by Crippen LogP contribution is 2.37. The molecule has 6 nitrogen and oxygen atoms in total. The van der Waals surface area contributed by atoms with Crippen LogP contribution < -0.4 is 14.8 Å². The summed E-state index contributed by atoms with van der Waals surface area (Å²) in [7, 11) is 0. The molecule has 1 atom stereocenters. The number of thioether (sulfide) groups is 1. The lowest BCUT2D eigenvalue weighted by molar-refractivity contribution is -0.125. The average Bonchev–Trinajstić information content (AvgIpc) is 3.31. The lowest BCUT2D eigenvalue weighted by Crippen LogP contribution is -2.40. The summed E-state index contributed by atoms with van der Waals surface area (Å²) in [4.78, 5) is 12.9. The standard InChI is InChI=1S/C21H19N3O3S/c1-13-6-8-14(9-7-13)24-20(15-11-28-12-16(15)23-24)22-21(25)19-10-26-17-4-2-3-5-18(17)27-19/h2-9,19H,10-12H2,1H3,(H,22,25). The molecule has 1 unspecified atom stereocenters. The largest absolute Gasteiger partial charge is 0.485 e. The maximum Gasteiger partial charge on any atom is 0.270 e. The van der Waals surface area contributed by atoms with Crippen LogP contribution in [0.1, 0.15) is 16.8 Å². The molecule has 0 saturated carbocycles. The van der Waals surface area contributed by atoms with Crippen molar-refractivity contribution < 1.29 is 14.3 Å². The van der Waals surface area contributed by atoms with Crippen LogP contribution >= 0.6 is 11.8 Å². The molecule has 1 aromatic heterocycles. The molecule has 142 valence electrons. The number of benzene rings is 2. The second kappa shape index (κ2) is 6.91. The van der Waals surface area contributed by atoms with Crippen LogP contribution in [-0.4, -0.2) is 28.4 Å². The number of fused-ring (bicyclic) bond motifs is 2. The van der Waals surface area contributed by atoms with Crippen molar-refractivity contribution in [1.29, 1.82) is 0 Å². The van der Waals surface area contributed by atoms with Gasteiger partial charge in [0.1, 0.15) is 12.4 Å². The maximum atomic E-state index is 12.9. The molecule has 2 aliphatic rings. The minimum absolute atomic E-state index is 0.179. The molecule has 7 heteroatoms. The fraction of sp³-hybridized carbons (Fsp3) is 0.238. The highest BCUT2D eigenvalue weighted by Gasteiger charge is 2.31. The zero-order chi connectivity index (χ0) is 19.1. The maximum absolute atomic E-state index is 12.9. The molecule has 3 aromatic rings. The van der Waals surface area contributed by atoms with Crippen molar-refractivity contribution in [3.8, 4) is 17.2 Å². The summed E-state index contributed by atoms with van der Waals surface area (Å²) >= 11 is 1.80. The molecule has 0 aliphatic carbocycles. The Morgan fingerprint density at radius 1 is 1.14 bits per heavy atom. The van der Waals surface area contributed by atoms with E-state index in [1.54, 1.807) is 17.8 Å². The molecule has 1 N–H and O–H groups in total. The number of hydrogen-bond acceptors (Lipinski definition) is 5. The SMILES string of the molecule is Cc1ccc(-n2nc3c(c2NC(=O)C2COc4ccccc4O2)CSC3)cc1. The zero-order valence-corrected chi connectivity index (χ0v) is 16.2. The molecule has 0 fully saturated rings. The van der Waals surface area contributed by atoms with Crippen molar-refractivity contribution in [2.24, 2.45) is 0 Å². The van der Waals surface area contributed by atoms with Crippen molar-refractivity contribution in [3.05, 3.63) is 65.4 Å². The van der Waals surface area contributed by atoms with Crippen LogP contribution in [0.2, 0.25) is 0 Å². The van der Waals surface area contributed by atoms with E-state index < -0.39 is 6.10 Å². The van der Waals surface area contributed by atoms with E-state index in [4.69, 9.17) is 14.6 Å². The Balaban J connectivity index is 1.43. The Morgan fingerprint density at radius 2 is 1.93 bits per heavy atom. The van der Waals surface area contributed by atoms with Gasteiger partial charge in [-0.05, 0) is 31.2 Å². The summed E-state index contributed by atoms with van der Waals surface area (Å²) in [5.74, 6) is 3.42. The lowest BCUT2D eigenvalue weighted by atomic mass is 10.2. The van der Waals surface area contributed by atoms with Gasteiger partial charge in [0.05, 0.1) is 11.4 Å². The van der Waals surface area contributed by atoms with Gasteiger partial charge in [0.15, 0.2) is 11.5 Å². The number of aromatic nitrogens is 2. The number of hydrogen-bond donors (Lipinski definition) is 1. The van der Waals surface area contributed by atoms with E-state index in [1.807, 2.05) is 54.1 Å². The third-order valence-corrected chi connectivity index (χ3v) is 5.84. The Bertz CT molecular complexity index is 1050. The molecule has 5 rings (SSSR count). The van der Waals surface area contributed by atoms with Crippen molar-refractivity contribution >= 4 is 23.5 Å². The number of carbonyl (C=O) groups is 1. The van der Waals surface area contributed by atoms with Gasteiger partial charge < -0.3 is 14.8 Å². The van der Waals surface area contributed by atoms with E-state index >= 15 is 0 Å². The summed E-state index contributed by atoms with van der Waals surface area (Å²) in [5.41, 5.74) is 4.20. The highest BCUT2D eigenvalue weighted by atomic mass is 32.2. The van der Waals surface area contributed by atoms with Gasteiger partial charge >= 0.3 is 0 Å². The van der Waals surface area contributed by atoms with Crippen molar-refractivity contribution in [1.82, 2.24) is 9.78 Å². The van der Waals surface area contributed by atoms with E-state index in [0.29, 0.717) is 11.5 Å². The van der Waals surface area contributed by atoms with Gasteiger partial charge in [-0.15, -0.1) is 0 Å². The number of ether oxygens (including phenoxy) is 2. The number of anilines is 1. The molecule has 0 radical (unpaired) electrons. The number of para-hydroxylation sites is 2. The van der Waals surface area contributed by atoms with Gasteiger partial charge in [-0.2, -0.15) is 16.9 Å². The Labute approximate surface area is 166 Å². The monoisotopic (exact) mass is 393 g/mol. The van der Waals surface area contributed by atoms with Crippen LogP contribution in [0.15, 0.2) is 48.5 Å². The first kappa shape index (κ1) is 17.2. The van der Waals surface area contributed by atoms with Crippen molar-refractivity contribution in [2.45, 2.75) is 24.5 Å². The smallest absolute Gasteiger partial charge is 0.270 e. The van der Waals surface area contributed by atoms with Crippen LogP contribution in [0.4, 0.5) is 5.82 Å². The molecule has 0 spiro atoms. The fourth-order valence-corrected chi connectivity index (χ4v) is 4.39. The van der Waals surface area contributed by atoms with E-state index in [9.17, 15) is 4.79 Å². The molecule has 1 amide bonds. The van der Waals surface area contributed by atoms with Gasteiger partial charge in [0.25, 0.3) is 5.91 Å². The van der Waals surface area contributed by atoms with Crippen molar-refractivity contribution in [2.75, 3.05) is 11.9 Å². The average molecular weight is 393 g/mol. The first-order valence-corrected chi connectivity index (χ1v) is 10.3. The fourth-order valence-electron chi connectivity index (χ4n) is 3.36. The first-order valence-electron chi connectivity index (χ1n) is 9.14. The summed E-state index contributed by atoms with van der Waals surface area (Å²) in [5, 5.41) is 7.78. The molecule has 2 aliphatic heterocycles. The molecule has 2 aromatic carbocycles. The molecular weight excluding hydrogens is 374 g/mol. The van der Waals surface area contributed by atoms with Gasteiger partial charge in [0.2, 0.25) is 6.10 Å². The van der Waals surface area contributed by atoms with Crippen LogP contribution in [0.3, 0.4) is 0 Å². The van der Waals surface area contributed by atoms with Gasteiger partial charge in [0, 0.05) is 17.1 Å². The minimum atomic E-state index is -0.707. The number of carbonyl (C=O) groups excluding carboxylic acids is 1.